The molecule has 4 heterocycles. The summed E-state index contributed by atoms with van der Waals surface area (Å²) in [6.45, 7) is 4.63. The number of aliphatic hydroxyl groups is 9. The van der Waals surface area contributed by atoms with Gasteiger partial charge in [0.15, 0.2) is 18.9 Å². The molecule has 0 aromatic heterocycles. The van der Waals surface area contributed by atoms with Crippen molar-refractivity contribution in [3.05, 3.63) is 12.2 Å². The van der Waals surface area contributed by atoms with Crippen LogP contribution in [-0.4, -0.2) is 424 Å². The van der Waals surface area contributed by atoms with Gasteiger partial charge in [-0.15, -0.1) is 0 Å². The largest absolute Gasteiger partial charge is 0.394 e. The van der Waals surface area contributed by atoms with Gasteiger partial charge >= 0.3 is 0 Å². The Kier molecular flexibility index (Phi) is 59.0. The Bertz CT molecular complexity index is 2950. The van der Waals surface area contributed by atoms with Gasteiger partial charge in [0.1, 0.15) is 78.6 Å². The quantitative estimate of drug-likeness (QED) is 0.0199. The van der Waals surface area contributed by atoms with E-state index in [2.05, 4.69) is 53.2 Å². The number of hydrogen-bond acceptors (Lipinski definition) is 36. The van der Waals surface area contributed by atoms with Gasteiger partial charge in [0.25, 0.3) is 11.8 Å². The van der Waals surface area contributed by atoms with Crippen LogP contribution >= 0.6 is 0 Å². The molecule has 0 saturated carbocycles. The molecule has 127 heavy (non-hydrogen) atoms. The van der Waals surface area contributed by atoms with Gasteiger partial charge in [0.2, 0.25) is 59.1 Å². The van der Waals surface area contributed by atoms with Crippen LogP contribution in [0.2, 0.25) is 0 Å². The van der Waals surface area contributed by atoms with E-state index in [0.717, 1.165) is 4.90 Å². The van der Waals surface area contributed by atoms with Crippen molar-refractivity contribution in [1.29, 1.82) is 0 Å². The topological polar surface area (TPSA) is 649 Å². The standard InChI is InChI=1S/C80H139N11O36/c1-53(95)87-68-74(110)71(107)56(47-92)125-77(68)122-29-7-4-13-59(98)81-22-10-25-84-62(101)18-33-119-50-80(90-65(104)21-32-113-37-39-115-41-43-117-45-46-118-44-42-116-40-38-114-36-28-91-66(105)16-17-67(91)106,51-120-34-19-63(102)85-26-11-23-82-60(99)14-5-8-30-123-78-69(88-54(2)96)75(111)72(108)57(48-93)126-78)52-121-35-20-64(103)86-27-12-24-83-61(100)15-6-9-31-124-79-70(89-55(3)97)76(112)73(109)58(49-94)127-79/h16-17,56-58,68-79,92-94,107-112H,4-15,18-52H2,1-3H3,(H,81,98)(H,82,99)(H,83,100)(H,84,101)(H,85,102)(H,86,103)(H,87,95)(H,88,96)(H,89,97)(H,90,104)/t56-,57-,58-,68-,69-,70-,71+,72+,73+,74-,75-,76-,77-,78-,79-/m1/s1. The number of nitrogens with zero attached hydrogens (tertiary/aromatic N) is 1. The summed E-state index contributed by atoms with van der Waals surface area (Å²) in [4.78, 5) is 151. The molecule has 3 saturated heterocycles. The Labute approximate surface area is 738 Å². The highest BCUT2D eigenvalue weighted by atomic mass is 16.7. The maximum Gasteiger partial charge on any atom is 0.253 e. The lowest BCUT2D eigenvalue weighted by Crippen LogP contribution is -2.64. The smallest absolute Gasteiger partial charge is 0.253 e. The van der Waals surface area contributed by atoms with Crippen LogP contribution in [0.4, 0.5) is 0 Å². The number of aliphatic hydroxyl groups excluding tert-OH is 9. The second kappa shape index (κ2) is 66.9. The van der Waals surface area contributed by atoms with Gasteiger partial charge in [-0.05, 0) is 57.8 Å². The molecule has 4 aliphatic rings. The molecule has 0 aromatic carbocycles. The number of amides is 12. The molecule has 47 heteroatoms. The van der Waals surface area contributed by atoms with E-state index in [0.29, 0.717) is 90.8 Å². The minimum atomic E-state index is -1.52. The summed E-state index contributed by atoms with van der Waals surface area (Å²) >= 11 is 0. The minimum Gasteiger partial charge on any atom is -0.394 e. The van der Waals surface area contributed by atoms with Crippen LogP contribution in [-0.2, 0) is 129 Å². The molecule has 4 rings (SSSR count). The Morgan fingerprint density at radius 1 is 0.323 bits per heavy atom. The van der Waals surface area contributed by atoms with E-state index in [-0.39, 0.29) is 226 Å². The summed E-state index contributed by atoms with van der Waals surface area (Å²) in [7, 11) is 0. The summed E-state index contributed by atoms with van der Waals surface area (Å²) in [5.41, 5.74) is -1.52. The van der Waals surface area contributed by atoms with Crippen molar-refractivity contribution in [2.75, 3.05) is 204 Å². The second-order valence-corrected chi connectivity index (χ2v) is 30.3. The lowest BCUT2D eigenvalue weighted by molar-refractivity contribution is -0.270. The van der Waals surface area contributed by atoms with E-state index in [9.17, 15) is 103 Å². The predicted octanol–water partition coefficient (Wildman–Crippen LogP) is -8.26. The average molecular weight is 1830 g/mol. The third kappa shape index (κ3) is 47.8. The second-order valence-electron chi connectivity index (χ2n) is 30.3. The van der Waals surface area contributed by atoms with Crippen LogP contribution in [0.5, 0.6) is 0 Å². The van der Waals surface area contributed by atoms with Gasteiger partial charge in [-0.3, -0.25) is 62.4 Å². The predicted molar refractivity (Wildman–Crippen MR) is 440 cm³/mol. The highest BCUT2D eigenvalue weighted by Gasteiger charge is 2.48. The van der Waals surface area contributed by atoms with E-state index in [1.54, 1.807) is 0 Å². The van der Waals surface area contributed by atoms with Crippen molar-refractivity contribution in [3.8, 4) is 0 Å². The molecule has 19 N–H and O–H groups in total. The van der Waals surface area contributed by atoms with E-state index in [1.807, 2.05) is 0 Å². The van der Waals surface area contributed by atoms with Crippen LogP contribution in [0.3, 0.4) is 0 Å². The first kappa shape index (κ1) is 112. The number of carbonyl (C=O) groups is 12. The lowest BCUT2D eigenvalue weighted by Gasteiger charge is -2.42. The summed E-state index contributed by atoms with van der Waals surface area (Å²) in [6, 6.07) is -3.32. The number of hydrogen-bond donors (Lipinski definition) is 19. The number of imide groups is 1. The summed E-state index contributed by atoms with van der Waals surface area (Å²) in [6.07, 6.45) is -10.3. The van der Waals surface area contributed by atoms with Crippen molar-refractivity contribution in [2.24, 2.45) is 0 Å². The molecule has 12 amide bonds. The minimum absolute atomic E-state index is 0.0621. The van der Waals surface area contributed by atoms with Gasteiger partial charge < -0.3 is 170 Å². The average Bonchev–Trinajstić information content (AvgIpc) is 1.35. The third-order valence-corrected chi connectivity index (χ3v) is 19.6. The molecule has 15 atom stereocenters. The molecule has 47 nitrogen and oxygen atoms in total. The molecule has 3 fully saturated rings. The highest BCUT2D eigenvalue weighted by molar-refractivity contribution is 6.12. The van der Waals surface area contributed by atoms with E-state index in [4.69, 9.17) is 71.1 Å². The maximum atomic E-state index is 13.9. The molecule has 0 bridgehead atoms. The van der Waals surface area contributed by atoms with Crippen LogP contribution in [0.1, 0.15) is 124 Å². The van der Waals surface area contributed by atoms with Gasteiger partial charge in [-0.25, -0.2) is 0 Å². The first-order valence-electron chi connectivity index (χ1n) is 43.3. The molecular weight excluding hydrogens is 1690 g/mol. The molecule has 0 radical (unpaired) electrons. The number of rotatable bonds is 73. The lowest BCUT2D eigenvalue weighted by atomic mass is 9.97. The Morgan fingerprint density at radius 3 is 0.850 bits per heavy atom. The van der Waals surface area contributed by atoms with E-state index < -0.39 is 159 Å². The molecule has 730 valence electrons. The van der Waals surface area contributed by atoms with Crippen LogP contribution < -0.4 is 53.2 Å². The fourth-order valence-corrected chi connectivity index (χ4v) is 12.8. The third-order valence-electron chi connectivity index (χ3n) is 19.6. The van der Waals surface area contributed by atoms with E-state index >= 15 is 0 Å². The fraction of sp³-hybridized carbons (Fsp3) is 0.825. The van der Waals surface area contributed by atoms with Gasteiger partial charge in [0, 0.05) is 137 Å². The van der Waals surface area contributed by atoms with Gasteiger partial charge in [-0.1, -0.05) is 0 Å². The van der Waals surface area contributed by atoms with Crippen molar-refractivity contribution < 1.29 is 175 Å². The van der Waals surface area contributed by atoms with Crippen molar-refractivity contribution in [1.82, 2.24) is 58.1 Å². The number of nitrogens with one attached hydrogen (secondary N) is 10. The number of unbranched alkanes of at least 4 members (excludes halogenated alkanes) is 3. The van der Waals surface area contributed by atoms with E-state index in [1.165, 1.54) is 32.9 Å². The normalized spacial score (nSPS) is 22.9. The zero-order chi connectivity index (χ0) is 93.0. The SMILES string of the molecule is CC(=O)N[C@H]1[C@H](OCCCCC(=O)NCCCNC(=O)CCOCC(COCCC(=O)NCCCNC(=O)CCCCO[C@@H]2O[C@H](CO)[C@H](O)[C@H](O)[C@H]2NC(C)=O)(COCCC(=O)NCCCNC(=O)CCCCO[C@@H]2O[C@H](CO)[C@H](O)[C@H](O)[C@H]2NC(C)=O)NC(=O)CCOCCOCCOCCOCCOCCOCCN2C(=O)C=CC2=O)O[C@H](CO)[C@H](O)[C@@H]1O. The Hall–Kier alpha value is -7.38. The molecule has 0 spiro atoms. The van der Waals surface area contributed by atoms with Gasteiger partial charge in [-0.2, -0.15) is 0 Å². The summed E-state index contributed by atoms with van der Waals surface area (Å²) < 4.78 is 85.4. The Balaban J connectivity index is 1.28. The number of carbonyl (C=O) groups excluding carboxylic acids is 12. The summed E-state index contributed by atoms with van der Waals surface area (Å²) in [5.74, 6) is -4.82. The zero-order valence-electron chi connectivity index (χ0n) is 73.0. The van der Waals surface area contributed by atoms with Crippen molar-refractivity contribution in [3.63, 3.8) is 0 Å². The van der Waals surface area contributed by atoms with Crippen LogP contribution in [0.25, 0.3) is 0 Å². The molecule has 0 aromatic rings. The molecule has 0 unspecified atom stereocenters. The van der Waals surface area contributed by atoms with Crippen molar-refractivity contribution in [2.45, 2.75) is 221 Å². The first-order chi connectivity index (χ1) is 61.1. The Morgan fingerprint density at radius 2 is 0.575 bits per heavy atom. The summed E-state index contributed by atoms with van der Waals surface area (Å²) in [5, 5.41) is 118. The maximum absolute atomic E-state index is 13.9. The fourth-order valence-electron chi connectivity index (χ4n) is 12.8. The monoisotopic (exact) mass is 1830 g/mol. The van der Waals surface area contributed by atoms with Crippen molar-refractivity contribution >= 4 is 70.9 Å². The molecule has 0 aliphatic carbocycles. The van der Waals surface area contributed by atoms with Crippen LogP contribution in [0.15, 0.2) is 12.2 Å². The highest BCUT2D eigenvalue weighted by Crippen LogP contribution is 2.26. The van der Waals surface area contributed by atoms with Crippen LogP contribution in [0, 0.1) is 0 Å². The van der Waals surface area contributed by atoms with Gasteiger partial charge in [0.05, 0.1) is 145 Å². The molecule has 4 aliphatic heterocycles. The first-order valence-corrected chi connectivity index (χ1v) is 43.3. The molecular formula is C80H139N11O36. The number of ether oxygens (including phenoxy) is 15. The zero-order valence-corrected chi connectivity index (χ0v) is 73.0.